The summed E-state index contributed by atoms with van der Waals surface area (Å²) in [6, 6.07) is 8.62. The molecule has 0 bridgehead atoms. The monoisotopic (exact) mass is 334 g/mol. The number of aromatic amines is 1. The number of ether oxygens (including phenoxy) is 1. The molecule has 0 spiro atoms. The smallest absolute Gasteiger partial charge is 0.356 e. The predicted octanol–water partition coefficient (Wildman–Crippen LogP) is 3.92. The molecule has 0 aliphatic heterocycles. The van der Waals surface area contributed by atoms with Crippen LogP contribution in [0.15, 0.2) is 35.7 Å². The van der Waals surface area contributed by atoms with Crippen LogP contribution in [0, 0.1) is 0 Å². The Morgan fingerprint density at radius 1 is 1.32 bits per heavy atom. The lowest BCUT2D eigenvalue weighted by Crippen LogP contribution is -2.13. The summed E-state index contributed by atoms with van der Waals surface area (Å²) in [5.74, 6) is -0.852. The zero-order valence-electron chi connectivity index (χ0n) is 11.5. The van der Waals surface area contributed by atoms with E-state index in [-0.39, 0.29) is 11.6 Å². The summed E-state index contributed by atoms with van der Waals surface area (Å²) in [5.41, 5.74) is 1.23. The van der Waals surface area contributed by atoms with Gasteiger partial charge in [0.2, 0.25) is 0 Å². The van der Waals surface area contributed by atoms with Crippen LogP contribution in [0.4, 0.5) is 5.69 Å². The maximum absolute atomic E-state index is 12.3. The van der Waals surface area contributed by atoms with Crippen LogP contribution in [-0.4, -0.2) is 24.0 Å². The van der Waals surface area contributed by atoms with Crippen LogP contribution in [0.3, 0.4) is 0 Å². The molecule has 0 radical (unpaired) electrons. The second-order valence-electron chi connectivity index (χ2n) is 4.49. The number of halogens is 1. The maximum Gasteiger partial charge on any atom is 0.356 e. The lowest BCUT2D eigenvalue weighted by molar-refractivity contribution is 0.0596. The van der Waals surface area contributed by atoms with Crippen molar-refractivity contribution in [3.8, 4) is 0 Å². The predicted molar refractivity (Wildman–Crippen MR) is 86.9 cm³/mol. The average molecular weight is 335 g/mol. The van der Waals surface area contributed by atoms with Gasteiger partial charge in [0.1, 0.15) is 5.69 Å². The Morgan fingerprint density at radius 2 is 2.14 bits per heavy atom. The van der Waals surface area contributed by atoms with Crippen molar-refractivity contribution in [2.45, 2.75) is 0 Å². The Bertz CT molecular complexity index is 855. The van der Waals surface area contributed by atoms with Crippen molar-refractivity contribution in [2.75, 3.05) is 12.4 Å². The van der Waals surface area contributed by atoms with E-state index in [1.54, 1.807) is 30.3 Å². The van der Waals surface area contributed by atoms with Crippen molar-refractivity contribution in [3.63, 3.8) is 0 Å². The van der Waals surface area contributed by atoms with Gasteiger partial charge in [-0.25, -0.2) is 4.79 Å². The number of carbonyl (C=O) groups excluding carboxylic acids is 2. The molecule has 0 fully saturated rings. The number of fused-ring (bicyclic) bond motifs is 1. The molecule has 3 aromatic rings. The molecule has 22 heavy (non-hydrogen) atoms. The van der Waals surface area contributed by atoms with Crippen LogP contribution in [0.2, 0.25) is 5.02 Å². The van der Waals surface area contributed by atoms with Crippen LogP contribution in [0.1, 0.15) is 20.2 Å². The second-order valence-corrected chi connectivity index (χ2v) is 5.87. The zero-order valence-corrected chi connectivity index (χ0v) is 13.0. The van der Waals surface area contributed by atoms with E-state index in [1.165, 1.54) is 18.4 Å². The molecule has 7 heteroatoms. The molecular weight excluding hydrogens is 324 g/mol. The van der Waals surface area contributed by atoms with Gasteiger partial charge >= 0.3 is 5.97 Å². The van der Waals surface area contributed by atoms with Crippen LogP contribution >= 0.6 is 22.9 Å². The Balaban J connectivity index is 2.10. The van der Waals surface area contributed by atoms with E-state index in [4.69, 9.17) is 16.3 Å². The first-order valence-corrected chi connectivity index (χ1v) is 7.60. The number of benzene rings is 1. The highest BCUT2D eigenvalue weighted by atomic mass is 35.5. The summed E-state index contributed by atoms with van der Waals surface area (Å²) in [5, 5.41) is 5.73. The van der Waals surface area contributed by atoms with Crippen LogP contribution in [0.5, 0.6) is 0 Å². The molecular formula is C15H11ClN2O3S. The minimum Gasteiger partial charge on any atom is -0.464 e. The highest BCUT2D eigenvalue weighted by molar-refractivity contribution is 7.12. The number of hydrogen-bond donors (Lipinski definition) is 2. The molecule has 2 N–H and O–H groups in total. The van der Waals surface area contributed by atoms with Gasteiger partial charge in [-0.15, -0.1) is 11.3 Å². The molecule has 5 nitrogen and oxygen atoms in total. The van der Waals surface area contributed by atoms with Gasteiger partial charge in [0.15, 0.2) is 0 Å². The number of aromatic nitrogens is 1. The first-order chi connectivity index (χ1) is 10.6. The number of methoxy groups -OCH3 is 1. The third-order valence-electron chi connectivity index (χ3n) is 3.13. The SMILES string of the molecule is COC(=O)c1[nH]c2ccc(Cl)cc2c1NC(=O)c1cccs1. The number of esters is 1. The average Bonchev–Trinajstić information content (AvgIpc) is 3.15. The van der Waals surface area contributed by atoms with E-state index >= 15 is 0 Å². The first-order valence-electron chi connectivity index (χ1n) is 6.34. The van der Waals surface area contributed by atoms with Crippen molar-refractivity contribution in [1.29, 1.82) is 0 Å². The lowest BCUT2D eigenvalue weighted by Gasteiger charge is -2.05. The summed E-state index contributed by atoms with van der Waals surface area (Å²) in [6.45, 7) is 0. The molecule has 0 unspecified atom stereocenters. The van der Waals surface area contributed by atoms with Gasteiger partial charge in [0.05, 0.1) is 17.7 Å². The molecule has 2 heterocycles. The van der Waals surface area contributed by atoms with E-state index in [1.807, 2.05) is 5.38 Å². The summed E-state index contributed by atoms with van der Waals surface area (Å²) >= 11 is 7.33. The minimum atomic E-state index is -0.561. The topological polar surface area (TPSA) is 71.2 Å². The van der Waals surface area contributed by atoms with Crippen LogP contribution in [-0.2, 0) is 4.74 Å². The number of hydrogen-bond acceptors (Lipinski definition) is 4. The highest BCUT2D eigenvalue weighted by Gasteiger charge is 2.21. The fraction of sp³-hybridized carbons (Fsp3) is 0.0667. The molecule has 0 aliphatic carbocycles. The lowest BCUT2D eigenvalue weighted by atomic mass is 10.2. The zero-order chi connectivity index (χ0) is 15.7. The standard InChI is InChI=1S/C15H11ClN2O3S/c1-21-15(20)13-12(18-14(19)11-3-2-6-22-11)9-7-8(16)4-5-10(9)17-13/h2-7,17H,1H3,(H,18,19). The highest BCUT2D eigenvalue weighted by Crippen LogP contribution is 2.31. The number of thiophene rings is 1. The third kappa shape index (κ3) is 2.58. The normalized spacial score (nSPS) is 10.6. The maximum atomic E-state index is 12.3. The van der Waals surface area contributed by atoms with Gasteiger partial charge in [-0.1, -0.05) is 17.7 Å². The largest absolute Gasteiger partial charge is 0.464 e. The number of nitrogens with one attached hydrogen (secondary N) is 2. The summed E-state index contributed by atoms with van der Waals surface area (Å²) in [7, 11) is 1.28. The van der Waals surface area contributed by atoms with Gasteiger partial charge in [-0.05, 0) is 29.6 Å². The Kier molecular flexibility index (Phi) is 3.87. The van der Waals surface area contributed by atoms with E-state index in [0.29, 0.717) is 26.5 Å². The fourth-order valence-electron chi connectivity index (χ4n) is 2.13. The fourth-order valence-corrected chi connectivity index (χ4v) is 2.92. The van der Waals surface area contributed by atoms with Crippen molar-refractivity contribution in [2.24, 2.45) is 0 Å². The van der Waals surface area contributed by atoms with Crippen molar-refractivity contribution >= 4 is 51.4 Å². The van der Waals surface area contributed by atoms with Gasteiger partial charge in [-0.2, -0.15) is 0 Å². The van der Waals surface area contributed by atoms with Gasteiger partial charge in [0.25, 0.3) is 5.91 Å². The van der Waals surface area contributed by atoms with Crippen LogP contribution < -0.4 is 5.32 Å². The number of rotatable bonds is 3. The molecule has 0 saturated heterocycles. The molecule has 1 amide bonds. The number of carbonyl (C=O) groups is 2. The molecule has 0 atom stereocenters. The molecule has 0 aliphatic rings. The van der Waals surface area contributed by atoms with E-state index < -0.39 is 5.97 Å². The van der Waals surface area contributed by atoms with E-state index in [0.717, 1.165) is 0 Å². The van der Waals surface area contributed by atoms with Gasteiger partial charge in [-0.3, -0.25) is 4.79 Å². The minimum absolute atomic E-state index is 0.185. The van der Waals surface area contributed by atoms with Crippen molar-refractivity contribution in [1.82, 2.24) is 4.98 Å². The second kappa shape index (κ2) is 5.82. The van der Waals surface area contributed by atoms with Gasteiger partial charge < -0.3 is 15.0 Å². The van der Waals surface area contributed by atoms with Gasteiger partial charge in [0, 0.05) is 15.9 Å². The Labute approximate surface area is 134 Å². The first kappa shape index (κ1) is 14.6. The summed E-state index contributed by atoms with van der Waals surface area (Å²) in [6.07, 6.45) is 0. The third-order valence-corrected chi connectivity index (χ3v) is 4.24. The molecule has 2 aromatic heterocycles. The summed E-state index contributed by atoms with van der Waals surface area (Å²) in [4.78, 5) is 27.7. The summed E-state index contributed by atoms with van der Waals surface area (Å²) < 4.78 is 4.76. The molecule has 112 valence electrons. The number of amides is 1. The van der Waals surface area contributed by atoms with Crippen LogP contribution in [0.25, 0.3) is 10.9 Å². The number of H-pyrrole nitrogens is 1. The van der Waals surface area contributed by atoms with Crippen molar-refractivity contribution in [3.05, 3.63) is 51.3 Å². The molecule has 1 aromatic carbocycles. The van der Waals surface area contributed by atoms with E-state index in [9.17, 15) is 9.59 Å². The molecule has 3 rings (SSSR count). The quantitative estimate of drug-likeness (QED) is 0.713. The Morgan fingerprint density at radius 3 is 2.82 bits per heavy atom. The number of anilines is 1. The molecule has 0 saturated carbocycles. The van der Waals surface area contributed by atoms with Crippen molar-refractivity contribution < 1.29 is 14.3 Å². The van der Waals surface area contributed by atoms with E-state index in [2.05, 4.69) is 10.3 Å². The Hall–Kier alpha value is -2.31.